The van der Waals surface area contributed by atoms with Gasteiger partial charge in [0.05, 0.1) is 28.6 Å². The smallest absolute Gasteiger partial charge is 0.412 e. The summed E-state index contributed by atoms with van der Waals surface area (Å²) in [4.78, 5) is 43.0. The SMILES string of the molecule is CC(C)(C)OC(=O)Nc1cccc(-n2c(=O)n(-c3ccc(C(=O)NCc4ccc(F)cc4)cc3)c3cnccc32)c1. The topological polar surface area (TPSA) is 107 Å². The van der Waals surface area contributed by atoms with Crippen LogP contribution in [0.5, 0.6) is 0 Å². The average Bonchev–Trinajstić information content (AvgIpc) is 3.23. The maximum atomic E-state index is 13.8. The van der Waals surface area contributed by atoms with Crippen LogP contribution in [-0.2, 0) is 11.3 Å². The van der Waals surface area contributed by atoms with Crippen LogP contribution in [-0.4, -0.2) is 31.7 Å². The molecule has 0 unspecified atom stereocenters. The van der Waals surface area contributed by atoms with E-state index in [1.165, 1.54) is 21.3 Å². The highest BCUT2D eigenvalue weighted by Crippen LogP contribution is 2.23. The Labute approximate surface area is 235 Å². The number of ether oxygens (including phenoxy) is 1. The molecule has 2 N–H and O–H groups in total. The van der Waals surface area contributed by atoms with Gasteiger partial charge in [0.15, 0.2) is 0 Å². The number of rotatable bonds is 6. The van der Waals surface area contributed by atoms with Gasteiger partial charge in [-0.25, -0.2) is 14.0 Å². The molecule has 0 spiro atoms. The van der Waals surface area contributed by atoms with Crippen molar-refractivity contribution in [2.75, 3.05) is 5.32 Å². The lowest BCUT2D eigenvalue weighted by molar-refractivity contribution is 0.0635. The molecule has 0 saturated carbocycles. The van der Waals surface area contributed by atoms with Gasteiger partial charge in [0.2, 0.25) is 0 Å². The van der Waals surface area contributed by atoms with Crippen molar-refractivity contribution in [1.29, 1.82) is 0 Å². The molecule has 2 amide bonds. The van der Waals surface area contributed by atoms with Crippen molar-refractivity contribution in [3.8, 4) is 11.4 Å². The Morgan fingerprint density at radius 3 is 2.32 bits per heavy atom. The summed E-state index contributed by atoms with van der Waals surface area (Å²) in [6.45, 7) is 5.58. The molecule has 41 heavy (non-hydrogen) atoms. The van der Waals surface area contributed by atoms with E-state index in [0.717, 1.165) is 5.56 Å². The summed E-state index contributed by atoms with van der Waals surface area (Å²) in [5.74, 6) is -0.640. The fourth-order valence-corrected chi connectivity index (χ4v) is 4.34. The minimum absolute atomic E-state index is 0.251. The molecule has 208 valence electrons. The molecule has 5 aromatic rings. The average molecular weight is 554 g/mol. The molecule has 0 aliphatic carbocycles. The lowest BCUT2D eigenvalue weighted by atomic mass is 10.1. The Bertz CT molecular complexity index is 1790. The van der Waals surface area contributed by atoms with Crippen LogP contribution in [0.4, 0.5) is 14.9 Å². The quantitative estimate of drug-likeness (QED) is 0.285. The second-order valence-corrected chi connectivity index (χ2v) is 10.4. The maximum absolute atomic E-state index is 13.8. The molecular formula is C31H28FN5O4. The van der Waals surface area contributed by atoms with E-state index in [1.807, 2.05) is 0 Å². The Morgan fingerprint density at radius 1 is 0.902 bits per heavy atom. The predicted octanol–water partition coefficient (Wildman–Crippen LogP) is 5.59. The highest BCUT2D eigenvalue weighted by molar-refractivity contribution is 5.94. The second kappa shape index (κ2) is 11.1. The monoisotopic (exact) mass is 553 g/mol. The fraction of sp³-hybridized carbons (Fsp3) is 0.161. The third-order valence-electron chi connectivity index (χ3n) is 6.15. The molecular weight excluding hydrogens is 525 g/mol. The number of imidazole rings is 1. The number of nitrogens with one attached hydrogen (secondary N) is 2. The van der Waals surface area contributed by atoms with Crippen LogP contribution < -0.4 is 16.3 Å². The molecule has 0 radical (unpaired) electrons. The molecule has 5 rings (SSSR count). The highest BCUT2D eigenvalue weighted by Gasteiger charge is 2.19. The van der Waals surface area contributed by atoms with Crippen molar-refractivity contribution in [1.82, 2.24) is 19.4 Å². The number of nitrogens with zero attached hydrogens (tertiary/aromatic N) is 3. The molecule has 3 aromatic carbocycles. The third kappa shape index (κ3) is 6.17. The van der Waals surface area contributed by atoms with E-state index >= 15 is 0 Å². The summed E-state index contributed by atoms with van der Waals surface area (Å²) in [6, 6.07) is 21.2. The normalized spacial score (nSPS) is 11.3. The summed E-state index contributed by atoms with van der Waals surface area (Å²) in [7, 11) is 0. The number of aromatic nitrogens is 3. The van der Waals surface area contributed by atoms with Crippen LogP contribution in [0.3, 0.4) is 0 Å². The zero-order chi connectivity index (χ0) is 29.1. The van der Waals surface area contributed by atoms with Crippen LogP contribution in [0.2, 0.25) is 0 Å². The number of carbonyl (C=O) groups excluding carboxylic acids is 2. The van der Waals surface area contributed by atoms with Crippen LogP contribution in [0.15, 0.2) is 96.1 Å². The van der Waals surface area contributed by atoms with Gasteiger partial charge in [0, 0.05) is 24.0 Å². The van der Waals surface area contributed by atoms with E-state index in [4.69, 9.17) is 4.74 Å². The first-order valence-corrected chi connectivity index (χ1v) is 12.9. The summed E-state index contributed by atoms with van der Waals surface area (Å²) < 4.78 is 21.5. The zero-order valence-corrected chi connectivity index (χ0v) is 22.7. The summed E-state index contributed by atoms with van der Waals surface area (Å²) in [6.07, 6.45) is 2.59. The number of hydrogen-bond acceptors (Lipinski definition) is 5. The first-order valence-electron chi connectivity index (χ1n) is 12.9. The van der Waals surface area contributed by atoms with Crippen molar-refractivity contribution in [3.63, 3.8) is 0 Å². The first kappa shape index (κ1) is 27.3. The molecule has 0 saturated heterocycles. The lowest BCUT2D eigenvalue weighted by Crippen LogP contribution is -2.27. The van der Waals surface area contributed by atoms with Gasteiger partial charge in [0.25, 0.3) is 5.91 Å². The van der Waals surface area contributed by atoms with E-state index in [2.05, 4.69) is 15.6 Å². The van der Waals surface area contributed by atoms with Gasteiger partial charge in [-0.15, -0.1) is 0 Å². The number of benzene rings is 3. The van der Waals surface area contributed by atoms with Gasteiger partial charge in [0.1, 0.15) is 11.4 Å². The van der Waals surface area contributed by atoms with Gasteiger partial charge in [-0.2, -0.15) is 0 Å². The van der Waals surface area contributed by atoms with Crippen molar-refractivity contribution in [2.24, 2.45) is 0 Å². The Balaban J connectivity index is 1.43. The van der Waals surface area contributed by atoms with Crippen molar-refractivity contribution >= 4 is 28.7 Å². The first-order chi connectivity index (χ1) is 19.6. The highest BCUT2D eigenvalue weighted by atomic mass is 19.1. The number of hydrogen-bond donors (Lipinski definition) is 2. The molecule has 0 bridgehead atoms. The molecule has 2 heterocycles. The molecule has 9 nitrogen and oxygen atoms in total. The Kier molecular flexibility index (Phi) is 7.39. The van der Waals surface area contributed by atoms with E-state index < -0.39 is 11.7 Å². The standard InChI is InChI=1S/C31H28FN5O4/c1-31(2,3)41-29(39)35-23-5-4-6-25(17-23)37-26-15-16-33-19-27(26)36(30(37)40)24-13-9-21(10-14-24)28(38)34-18-20-7-11-22(32)12-8-20/h4-17,19H,18H2,1-3H3,(H,34,38)(H,35,39). The number of carbonyl (C=O) groups is 2. The van der Waals surface area contributed by atoms with Crippen molar-refractivity contribution < 1.29 is 18.7 Å². The van der Waals surface area contributed by atoms with E-state index in [0.29, 0.717) is 33.7 Å². The minimum atomic E-state index is -0.655. The Hall–Kier alpha value is -5.25. The summed E-state index contributed by atoms with van der Waals surface area (Å²) in [5.41, 5.74) is 2.90. The Morgan fingerprint density at radius 2 is 1.61 bits per heavy atom. The molecule has 2 aromatic heterocycles. The summed E-state index contributed by atoms with van der Waals surface area (Å²) >= 11 is 0. The van der Waals surface area contributed by atoms with E-state index in [-0.39, 0.29) is 24.0 Å². The summed E-state index contributed by atoms with van der Waals surface area (Å²) in [5, 5.41) is 5.51. The van der Waals surface area contributed by atoms with Gasteiger partial charge in [-0.1, -0.05) is 18.2 Å². The van der Waals surface area contributed by atoms with Gasteiger partial charge in [-0.3, -0.25) is 24.2 Å². The van der Waals surface area contributed by atoms with Crippen LogP contribution in [0.25, 0.3) is 22.4 Å². The number of pyridine rings is 1. The predicted molar refractivity (Wildman–Crippen MR) is 154 cm³/mol. The van der Waals surface area contributed by atoms with Crippen LogP contribution >= 0.6 is 0 Å². The second-order valence-electron chi connectivity index (χ2n) is 10.4. The third-order valence-corrected chi connectivity index (χ3v) is 6.15. The number of halogens is 1. The van der Waals surface area contributed by atoms with Crippen LogP contribution in [0, 0.1) is 5.82 Å². The number of amides is 2. The van der Waals surface area contributed by atoms with Gasteiger partial charge < -0.3 is 10.1 Å². The van der Waals surface area contributed by atoms with Crippen molar-refractivity contribution in [3.05, 3.63) is 119 Å². The maximum Gasteiger partial charge on any atom is 0.412 e. The van der Waals surface area contributed by atoms with Gasteiger partial charge in [-0.05, 0) is 87.0 Å². The fourth-order valence-electron chi connectivity index (χ4n) is 4.34. The number of fused-ring (bicyclic) bond motifs is 1. The molecule has 0 fully saturated rings. The molecule has 0 aliphatic rings. The molecule has 0 atom stereocenters. The van der Waals surface area contributed by atoms with E-state index in [1.54, 1.807) is 99.9 Å². The van der Waals surface area contributed by atoms with Crippen molar-refractivity contribution in [2.45, 2.75) is 32.9 Å². The molecule has 0 aliphatic heterocycles. The molecule has 10 heteroatoms. The largest absolute Gasteiger partial charge is 0.444 e. The van der Waals surface area contributed by atoms with Gasteiger partial charge >= 0.3 is 11.8 Å². The zero-order valence-electron chi connectivity index (χ0n) is 22.7. The minimum Gasteiger partial charge on any atom is -0.444 e. The van der Waals surface area contributed by atoms with E-state index in [9.17, 15) is 18.8 Å². The van der Waals surface area contributed by atoms with Crippen LogP contribution in [0.1, 0.15) is 36.7 Å². The number of anilines is 1. The lowest BCUT2D eigenvalue weighted by Gasteiger charge is -2.19.